The topological polar surface area (TPSA) is 56.2 Å². The largest absolute Gasteiger partial charge is 0.383 e. The van der Waals surface area contributed by atoms with Crippen molar-refractivity contribution in [3.8, 4) is 0 Å². The van der Waals surface area contributed by atoms with Crippen molar-refractivity contribution in [1.82, 2.24) is 14.4 Å². The summed E-state index contributed by atoms with van der Waals surface area (Å²) in [6.45, 7) is 1.80. The van der Waals surface area contributed by atoms with Crippen LogP contribution >= 0.6 is 23.2 Å². The van der Waals surface area contributed by atoms with E-state index in [4.69, 9.17) is 28.9 Å². The molecule has 0 radical (unpaired) electrons. The lowest BCUT2D eigenvalue weighted by Crippen LogP contribution is -1.95. The molecule has 0 spiro atoms. The van der Waals surface area contributed by atoms with Crippen molar-refractivity contribution in [2.45, 2.75) is 6.92 Å². The van der Waals surface area contributed by atoms with Gasteiger partial charge in [-0.05, 0) is 6.92 Å². The number of aromatic nitrogens is 3. The molecule has 2 aromatic rings. The highest BCUT2D eigenvalue weighted by molar-refractivity contribution is 6.34. The van der Waals surface area contributed by atoms with Gasteiger partial charge in [-0.1, -0.05) is 23.2 Å². The van der Waals surface area contributed by atoms with E-state index < -0.39 is 0 Å². The number of imidazole rings is 1. The van der Waals surface area contributed by atoms with Gasteiger partial charge in [0.25, 0.3) is 0 Å². The van der Waals surface area contributed by atoms with Crippen molar-refractivity contribution >= 4 is 34.7 Å². The van der Waals surface area contributed by atoms with Gasteiger partial charge in [-0.15, -0.1) is 0 Å². The Morgan fingerprint density at radius 2 is 2.08 bits per heavy atom. The van der Waals surface area contributed by atoms with Gasteiger partial charge in [-0.3, -0.25) is 4.40 Å². The van der Waals surface area contributed by atoms with E-state index in [9.17, 15) is 0 Å². The van der Waals surface area contributed by atoms with Crippen LogP contribution in [-0.2, 0) is 0 Å². The second-order valence-electron chi connectivity index (χ2n) is 2.63. The standard InChI is InChI=1S/C7H6Cl2N4/c1-3-6(10)13-2-4(8)12-5(9)7(13)11-3/h2H,10H2,1H3. The molecule has 0 aliphatic rings. The van der Waals surface area contributed by atoms with Crippen molar-refractivity contribution in [2.24, 2.45) is 0 Å². The summed E-state index contributed by atoms with van der Waals surface area (Å²) >= 11 is 11.5. The second-order valence-corrected chi connectivity index (χ2v) is 3.38. The number of nitrogens with two attached hydrogens (primary N) is 1. The minimum Gasteiger partial charge on any atom is -0.383 e. The van der Waals surface area contributed by atoms with Crippen molar-refractivity contribution in [3.63, 3.8) is 0 Å². The van der Waals surface area contributed by atoms with Crippen LogP contribution in [0.5, 0.6) is 0 Å². The molecule has 0 fully saturated rings. The molecule has 2 aromatic heterocycles. The molecule has 0 aliphatic carbocycles. The molecule has 0 unspecified atom stereocenters. The summed E-state index contributed by atoms with van der Waals surface area (Å²) in [6, 6.07) is 0. The van der Waals surface area contributed by atoms with Gasteiger partial charge in [-0.2, -0.15) is 0 Å². The number of nitrogen functional groups attached to an aromatic ring is 1. The van der Waals surface area contributed by atoms with Crippen LogP contribution in [0.25, 0.3) is 5.65 Å². The highest BCUT2D eigenvalue weighted by atomic mass is 35.5. The Morgan fingerprint density at radius 1 is 1.38 bits per heavy atom. The van der Waals surface area contributed by atoms with Crippen LogP contribution in [0.15, 0.2) is 6.20 Å². The zero-order chi connectivity index (χ0) is 9.59. The fourth-order valence-electron chi connectivity index (χ4n) is 1.11. The Labute approximate surface area is 84.3 Å². The van der Waals surface area contributed by atoms with E-state index in [1.54, 1.807) is 17.5 Å². The third kappa shape index (κ3) is 1.22. The summed E-state index contributed by atoms with van der Waals surface area (Å²) in [5.74, 6) is 0.529. The van der Waals surface area contributed by atoms with Gasteiger partial charge in [0.15, 0.2) is 10.8 Å². The first-order chi connectivity index (χ1) is 6.09. The molecule has 0 aliphatic heterocycles. The highest BCUT2D eigenvalue weighted by Crippen LogP contribution is 2.21. The Morgan fingerprint density at radius 3 is 2.77 bits per heavy atom. The van der Waals surface area contributed by atoms with Crippen molar-refractivity contribution in [3.05, 3.63) is 22.2 Å². The summed E-state index contributed by atoms with van der Waals surface area (Å²) in [6.07, 6.45) is 1.58. The first kappa shape index (κ1) is 8.59. The lowest BCUT2D eigenvalue weighted by Gasteiger charge is -1.97. The fraction of sp³-hybridized carbons (Fsp3) is 0.143. The van der Waals surface area contributed by atoms with Gasteiger partial charge in [-0.25, -0.2) is 9.97 Å². The first-order valence-corrected chi connectivity index (χ1v) is 4.31. The lowest BCUT2D eigenvalue weighted by atomic mass is 10.5. The molecule has 0 bridgehead atoms. The lowest BCUT2D eigenvalue weighted by molar-refractivity contribution is 1.13. The fourth-order valence-corrected chi connectivity index (χ4v) is 1.56. The van der Waals surface area contributed by atoms with E-state index >= 15 is 0 Å². The molecular weight excluding hydrogens is 211 g/mol. The van der Waals surface area contributed by atoms with Crippen molar-refractivity contribution in [1.29, 1.82) is 0 Å². The molecule has 2 rings (SSSR count). The van der Waals surface area contributed by atoms with E-state index in [0.29, 0.717) is 22.3 Å². The molecular formula is C7H6Cl2N4. The molecule has 0 amide bonds. The molecule has 2 heterocycles. The SMILES string of the molecule is Cc1nc2c(Cl)nc(Cl)cn2c1N. The molecule has 0 saturated heterocycles. The van der Waals surface area contributed by atoms with Gasteiger partial charge in [0.2, 0.25) is 0 Å². The van der Waals surface area contributed by atoms with E-state index in [2.05, 4.69) is 9.97 Å². The van der Waals surface area contributed by atoms with Crippen LogP contribution in [0.3, 0.4) is 0 Å². The molecule has 0 atom stereocenters. The van der Waals surface area contributed by atoms with Gasteiger partial charge < -0.3 is 5.73 Å². The van der Waals surface area contributed by atoms with E-state index in [-0.39, 0.29) is 5.15 Å². The predicted molar refractivity (Wildman–Crippen MR) is 52.2 cm³/mol. The van der Waals surface area contributed by atoms with Gasteiger partial charge in [0.1, 0.15) is 11.0 Å². The van der Waals surface area contributed by atoms with Crippen molar-refractivity contribution in [2.75, 3.05) is 5.73 Å². The average molecular weight is 217 g/mol. The van der Waals surface area contributed by atoms with Crippen LogP contribution in [0.4, 0.5) is 5.82 Å². The monoisotopic (exact) mass is 216 g/mol. The second kappa shape index (κ2) is 2.75. The molecule has 2 N–H and O–H groups in total. The number of halogens is 2. The van der Waals surface area contributed by atoms with E-state index in [1.807, 2.05) is 0 Å². The van der Waals surface area contributed by atoms with Crippen LogP contribution in [0.2, 0.25) is 10.3 Å². The van der Waals surface area contributed by atoms with Crippen molar-refractivity contribution < 1.29 is 0 Å². The number of anilines is 1. The third-order valence-corrected chi connectivity index (χ3v) is 2.19. The van der Waals surface area contributed by atoms with Crippen LogP contribution in [0, 0.1) is 6.92 Å². The highest BCUT2D eigenvalue weighted by Gasteiger charge is 2.09. The summed E-state index contributed by atoms with van der Waals surface area (Å²) in [5.41, 5.74) is 6.97. The Kier molecular flexibility index (Phi) is 1.82. The Hall–Kier alpha value is -1.00. The summed E-state index contributed by atoms with van der Waals surface area (Å²) < 4.78 is 1.62. The Bertz CT molecular complexity index is 477. The van der Waals surface area contributed by atoms with Crippen LogP contribution in [0.1, 0.15) is 5.69 Å². The van der Waals surface area contributed by atoms with Gasteiger partial charge in [0.05, 0.1) is 5.69 Å². The van der Waals surface area contributed by atoms with E-state index in [1.165, 1.54) is 0 Å². The minimum absolute atomic E-state index is 0.257. The van der Waals surface area contributed by atoms with Gasteiger partial charge in [0, 0.05) is 6.20 Å². The number of nitrogens with zero attached hydrogens (tertiary/aromatic N) is 3. The molecule has 6 heteroatoms. The number of fused-ring (bicyclic) bond motifs is 1. The predicted octanol–water partition coefficient (Wildman–Crippen LogP) is 1.93. The molecule has 4 nitrogen and oxygen atoms in total. The smallest absolute Gasteiger partial charge is 0.176 e. The Balaban J connectivity index is 2.94. The number of aryl methyl sites for hydroxylation is 1. The summed E-state index contributed by atoms with van der Waals surface area (Å²) in [7, 11) is 0. The zero-order valence-electron chi connectivity index (χ0n) is 6.75. The maximum Gasteiger partial charge on any atom is 0.176 e. The summed E-state index contributed by atoms with van der Waals surface area (Å²) in [5, 5.41) is 0.550. The maximum absolute atomic E-state index is 5.81. The molecule has 13 heavy (non-hydrogen) atoms. The number of hydrogen-bond acceptors (Lipinski definition) is 3. The number of hydrogen-bond donors (Lipinski definition) is 1. The quantitative estimate of drug-likeness (QED) is 0.733. The average Bonchev–Trinajstić information content (AvgIpc) is 2.32. The van der Waals surface area contributed by atoms with Crippen LogP contribution in [-0.4, -0.2) is 14.4 Å². The molecule has 68 valence electrons. The molecule has 0 aromatic carbocycles. The zero-order valence-corrected chi connectivity index (χ0v) is 8.26. The first-order valence-electron chi connectivity index (χ1n) is 3.56. The third-order valence-electron chi connectivity index (χ3n) is 1.76. The minimum atomic E-state index is 0.257. The molecule has 0 saturated carbocycles. The number of rotatable bonds is 0. The normalized spacial score (nSPS) is 11.0. The maximum atomic E-state index is 5.81. The summed E-state index contributed by atoms with van der Waals surface area (Å²) in [4.78, 5) is 7.99. The van der Waals surface area contributed by atoms with E-state index in [0.717, 1.165) is 0 Å². The van der Waals surface area contributed by atoms with Gasteiger partial charge >= 0.3 is 0 Å². The van der Waals surface area contributed by atoms with Crippen LogP contribution < -0.4 is 5.73 Å².